The Morgan fingerprint density at radius 3 is 1.94 bits per heavy atom. The Kier molecular flexibility index (Phi) is 15.4. The van der Waals surface area contributed by atoms with E-state index in [1.165, 1.54) is 6.08 Å². The zero-order valence-electron chi connectivity index (χ0n) is 27.7. The highest BCUT2D eigenvalue weighted by Crippen LogP contribution is 2.13. The molecule has 2 aromatic rings. The fourth-order valence-corrected chi connectivity index (χ4v) is 4.85. The van der Waals surface area contributed by atoms with Gasteiger partial charge in [0, 0.05) is 56.1 Å². The first-order chi connectivity index (χ1) is 23.6. The number of amidine groups is 1. The van der Waals surface area contributed by atoms with Crippen LogP contribution in [0, 0.1) is 12.3 Å². The van der Waals surface area contributed by atoms with Crippen molar-refractivity contribution in [1.82, 2.24) is 25.8 Å². The normalized spacial score (nSPS) is 14.3. The van der Waals surface area contributed by atoms with Crippen LogP contribution in [0.15, 0.2) is 85.0 Å². The summed E-state index contributed by atoms with van der Waals surface area (Å²) >= 11 is 0. The predicted molar refractivity (Wildman–Crippen MR) is 190 cm³/mol. The average molecular weight is 672 g/mol. The van der Waals surface area contributed by atoms with E-state index in [1.807, 2.05) is 36.1 Å². The van der Waals surface area contributed by atoms with Crippen LogP contribution in [0.25, 0.3) is 0 Å². The first-order valence-electron chi connectivity index (χ1n) is 15.8. The average Bonchev–Trinajstić information content (AvgIpc) is 3.07. The van der Waals surface area contributed by atoms with Crippen molar-refractivity contribution in [3.8, 4) is 0 Å². The molecule has 1 aliphatic rings. The highest BCUT2D eigenvalue weighted by molar-refractivity contribution is 5.97. The van der Waals surface area contributed by atoms with Crippen LogP contribution in [-0.4, -0.2) is 104 Å². The highest BCUT2D eigenvalue weighted by Gasteiger charge is 2.21. The summed E-state index contributed by atoms with van der Waals surface area (Å²) in [7, 11) is 0. The summed E-state index contributed by atoms with van der Waals surface area (Å²) in [4.78, 5) is 65.2. The van der Waals surface area contributed by atoms with Gasteiger partial charge in [0.1, 0.15) is 11.9 Å². The van der Waals surface area contributed by atoms with Crippen LogP contribution in [0.2, 0.25) is 0 Å². The van der Waals surface area contributed by atoms with Gasteiger partial charge in [-0.2, -0.15) is 0 Å². The molecule has 1 atom stereocenters. The maximum Gasteiger partial charge on any atom is 0.243 e. The number of amides is 5. The van der Waals surface area contributed by atoms with Crippen LogP contribution < -0.4 is 32.3 Å². The van der Waals surface area contributed by atoms with E-state index in [-0.39, 0.29) is 43.7 Å². The predicted octanol–water partition coefficient (Wildman–Crippen LogP) is 0.684. The number of carbonyl (C=O) groups is 5. The number of piperazine rings is 1. The Balaban J connectivity index is 1.37. The summed E-state index contributed by atoms with van der Waals surface area (Å²) in [6, 6.07) is 13.7. The Morgan fingerprint density at radius 1 is 0.878 bits per heavy atom. The molecular weight excluding hydrogens is 626 g/mol. The zero-order valence-corrected chi connectivity index (χ0v) is 27.7. The van der Waals surface area contributed by atoms with E-state index in [2.05, 4.69) is 38.1 Å². The minimum Gasteiger partial charge on any atom is -0.384 e. The fraction of sp³-hybridized carbons (Fsp3) is 0.314. The van der Waals surface area contributed by atoms with E-state index < -0.39 is 17.9 Å². The van der Waals surface area contributed by atoms with Crippen LogP contribution >= 0.6 is 0 Å². The molecule has 1 fully saturated rings. The van der Waals surface area contributed by atoms with Crippen molar-refractivity contribution in [2.24, 2.45) is 5.73 Å². The minimum absolute atomic E-state index is 0.0699. The number of aryl methyl sites for hydroxylation is 1. The second kappa shape index (κ2) is 19.9. The second-order valence-electron chi connectivity index (χ2n) is 11.4. The summed E-state index contributed by atoms with van der Waals surface area (Å²) < 4.78 is 0. The van der Waals surface area contributed by atoms with Crippen molar-refractivity contribution in [2.45, 2.75) is 19.4 Å². The molecule has 0 spiro atoms. The Hall–Kier alpha value is -5.60. The quantitative estimate of drug-likeness (QED) is 0.0519. The molecule has 14 heteroatoms. The van der Waals surface area contributed by atoms with Gasteiger partial charge in [-0.3, -0.25) is 39.2 Å². The summed E-state index contributed by atoms with van der Waals surface area (Å²) in [6.07, 6.45) is 6.90. The van der Waals surface area contributed by atoms with E-state index >= 15 is 0 Å². The molecule has 0 aliphatic carbocycles. The van der Waals surface area contributed by atoms with Crippen molar-refractivity contribution < 1.29 is 24.0 Å². The van der Waals surface area contributed by atoms with Crippen LogP contribution in [0.1, 0.15) is 11.1 Å². The summed E-state index contributed by atoms with van der Waals surface area (Å²) in [5.74, 6) is -1.31. The number of hydrogen-bond donors (Lipinski definition) is 7. The van der Waals surface area contributed by atoms with Gasteiger partial charge < -0.3 is 32.3 Å². The number of benzene rings is 2. The third-order valence-corrected chi connectivity index (χ3v) is 7.58. The first-order valence-corrected chi connectivity index (χ1v) is 15.8. The van der Waals surface area contributed by atoms with Crippen molar-refractivity contribution in [3.63, 3.8) is 0 Å². The lowest BCUT2D eigenvalue weighted by molar-refractivity contribution is -0.128. The number of carbonyl (C=O) groups excluding carboxylic acids is 5. The molecule has 3 rings (SSSR count). The Morgan fingerprint density at radius 2 is 1.43 bits per heavy atom. The molecule has 0 radical (unpaired) electrons. The largest absolute Gasteiger partial charge is 0.384 e. The van der Waals surface area contributed by atoms with Gasteiger partial charge in [-0.1, -0.05) is 60.7 Å². The molecule has 2 aromatic carbocycles. The second-order valence-corrected chi connectivity index (χ2v) is 11.4. The Bertz CT molecular complexity index is 1530. The van der Waals surface area contributed by atoms with E-state index in [4.69, 9.17) is 11.1 Å². The Labute approximate surface area is 286 Å². The molecule has 1 unspecified atom stereocenters. The molecule has 1 saturated heterocycles. The van der Waals surface area contributed by atoms with Gasteiger partial charge in [0.25, 0.3) is 0 Å². The van der Waals surface area contributed by atoms with Gasteiger partial charge in [-0.05, 0) is 36.8 Å². The fourth-order valence-electron chi connectivity index (χ4n) is 4.85. The molecular formula is C35H45N9O5. The lowest BCUT2D eigenvalue weighted by Crippen LogP contribution is -2.50. The van der Waals surface area contributed by atoms with Gasteiger partial charge in [0.05, 0.1) is 19.6 Å². The molecule has 8 N–H and O–H groups in total. The van der Waals surface area contributed by atoms with E-state index in [9.17, 15) is 24.0 Å². The molecule has 14 nitrogen and oxygen atoms in total. The van der Waals surface area contributed by atoms with Crippen LogP contribution in [-0.2, 0) is 30.4 Å². The van der Waals surface area contributed by atoms with Gasteiger partial charge >= 0.3 is 0 Å². The van der Waals surface area contributed by atoms with Gasteiger partial charge in [0.2, 0.25) is 30.0 Å². The molecule has 0 aromatic heterocycles. The third-order valence-electron chi connectivity index (χ3n) is 7.58. The van der Waals surface area contributed by atoms with Crippen LogP contribution in [0.4, 0.5) is 11.4 Å². The standard InChI is InChI=1S/C35H45N9O5/c1-3-27(34(36)37)6-4-5-15-38-31(46)21-39-35(49)30(40-24-45)20-26-9-13-29(14-10-26)42-33(48)23-44-18-16-43(17-19-44)22-32(47)41-28-11-7-25(2)8-12-28/h3-14,24,30H,1,15-23H2,2H3,(H3,36,37)(H,38,46)(H,39,49)(H,40,45)(H,41,47)(H,42,48)/b5-4+,27-6+. The third kappa shape index (κ3) is 14.0. The number of nitrogens with two attached hydrogens (primary N) is 1. The maximum absolute atomic E-state index is 12.7. The molecule has 5 amide bonds. The molecule has 1 heterocycles. The van der Waals surface area contributed by atoms with Crippen molar-refractivity contribution in [3.05, 3.63) is 96.1 Å². The van der Waals surface area contributed by atoms with E-state index in [1.54, 1.807) is 42.5 Å². The minimum atomic E-state index is -0.910. The highest BCUT2D eigenvalue weighted by atomic mass is 16.2. The first kappa shape index (κ1) is 37.9. The molecule has 49 heavy (non-hydrogen) atoms. The van der Waals surface area contributed by atoms with Crippen molar-refractivity contribution in [1.29, 1.82) is 5.41 Å². The summed E-state index contributed by atoms with van der Waals surface area (Å²) in [5, 5.41) is 20.8. The van der Waals surface area contributed by atoms with Crippen molar-refractivity contribution in [2.75, 3.05) is 63.0 Å². The smallest absolute Gasteiger partial charge is 0.243 e. The topological polar surface area (TPSA) is 202 Å². The number of rotatable bonds is 18. The molecule has 260 valence electrons. The van der Waals surface area contributed by atoms with Gasteiger partial charge in [-0.15, -0.1) is 0 Å². The van der Waals surface area contributed by atoms with Crippen LogP contribution in [0.5, 0.6) is 0 Å². The number of hydrogen-bond acceptors (Lipinski definition) is 8. The lowest BCUT2D eigenvalue weighted by Gasteiger charge is -2.33. The van der Waals surface area contributed by atoms with Crippen molar-refractivity contribution >= 4 is 47.2 Å². The number of nitrogens with one attached hydrogen (secondary N) is 6. The monoisotopic (exact) mass is 671 g/mol. The van der Waals surface area contributed by atoms with Gasteiger partial charge in [-0.25, -0.2) is 0 Å². The van der Waals surface area contributed by atoms with E-state index in [0.29, 0.717) is 50.4 Å². The molecule has 1 aliphatic heterocycles. The number of allylic oxidation sites excluding steroid dienone is 2. The summed E-state index contributed by atoms with van der Waals surface area (Å²) in [5.41, 5.74) is 9.07. The molecule has 0 bridgehead atoms. The maximum atomic E-state index is 12.7. The number of nitrogens with zero attached hydrogens (tertiary/aromatic N) is 2. The molecule has 0 saturated carbocycles. The van der Waals surface area contributed by atoms with E-state index in [0.717, 1.165) is 16.8 Å². The van der Waals surface area contributed by atoms with Crippen LogP contribution in [0.3, 0.4) is 0 Å². The summed E-state index contributed by atoms with van der Waals surface area (Å²) in [6.45, 7) is 8.64. The number of anilines is 2. The SMILES string of the molecule is C=C/C(=C\C=C\CNC(=O)CNC(=O)C(Cc1ccc(NC(=O)CN2CCN(CC(=O)Nc3ccc(C)cc3)CC2)cc1)NC=O)C(=N)N. The van der Waals surface area contributed by atoms with Gasteiger partial charge in [0.15, 0.2) is 0 Å². The zero-order chi connectivity index (χ0) is 35.6. The lowest BCUT2D eigenvalue weighted by atomic mass is 10.0.